The molecule has 2 aliphatic rings. The van der Waals surface area contributed by atoms with Crippen molar-refractivity contribution in [1.82, 2.24) is 4.90 Å². The molecule has 1 aromatic carbocycles. The Morgan fingerprint density at radius 2 is 1.67 bits per heavy atom. The number of aromatic amines is 1. The highest BCUT2D eigenvalue weighted by atomic mass is 16.2. The van der Waals surface area contributed by atoms with Gasteiger partial charge in [0.25, 0.3) is 11.7 Å². The van der Waals surface area contributed by atoms with Gasteiger partial charge in [0, 0.05) is 13.1 Å². The van der Waals surface area contributed by atoms with Crippen molar-refractivity contribution in [1.29, 1.82) is 0 Å². The van der Waals surface area contributed by atoms with E-state index in [9.17, 15) is 4.79 Å². The highest BCUT2D eigenvalue weighted by Crippen LogP contribution is 2.26. The number of carbonyl (C=O) groups excluding carboxylic acids is 1. The number of anilines is 1. The average molecular weight is 365 g/mol. The van der Waals surface area contributed by atoms with Crippen molar-refractivity contribution in [3.8, 4) is 0 Å². The SMILES string of the molecule is O=C(c1ccc[nH+]c1N1CCC(Cc2ccccc2)CC1)N1CCCCC1. The summed E-state index contributed by atoms with van der Waals surface area (Å²) in [6, 6.07) is 14.7. The predicted molar refractivity (Wildman–Crippen MR) is 108 cm³/mol. The Kier molecular flexibility index (Phi) is 5.71. The van der Waals surface area contributed by atoms with Crippen LogP contribution in [-0.4, -0.2) is 37.0 Å². The van der Waals surface area contributed by atoms with Crippen LogP contribution in [-0.2, 0) is 6.42 Å². The Morgan fingerprint density at radius 3 is 2.41 bits per heavy atom. The van der Waals surface area contributed by atoms with Crippen molar-refractivity contribution in [3.63, 3.8) is 0 Å². The van der Waals surface area contributed by atoms with Crippen LogP contribution in [0.3, 0.4) is 0 Å². The fourth-order valence-electron chi connectivity index (χ4n) is 4.44. The summed E-state index contributed by atoms with van der Waals surface area (Å²) in [5.74, 6) is 1.92. The summed E-state index contributed by atoms with van der Waals surface area (Å²) in [6.45, 7) is 3.81. The zero-order valence-corrected chi connectivity index (χ0v) is 16.1. The fourth-order valence-corrected chi connectivity index (χ4v) is 4.44. The monoisotopic (exact) mass is 364 g/mol. The standard InChI is InChI=1S/C23H29N3O/c27-23(26-14-5-2-6-15-26)21-10-7-13-24-22(21)25-16-11-20(12-17-25)18-19-8-3-1-4-9-19/h1,3-4,7-10,13,20H,2,5-6,11-12,14-18H2/p+1. The summed E-state index contributed by atoms with van der Waals surface area (Å²) in [5.41, 5.74) is 2.27. The van der Waals surface area contributed by atoms with Crippen molar-refractivity contribution >= 4 is 11.7 Å². The number of benzene rings is 1. The van der Waals surface area contributed by atoms with Gasteiger partial charge in [-0.1, -0.05) is 30.3 Å². The number of aromatic nitrogens is 1. The molecule has 3 heterocycles. The largest absolute Gasteiger partial charge is 0.338 e. The van der Waals surface area contributed by atoms with E-state index in [4.69, 9.17) is 0 Å². The van der Waals surface area contributed by atoms with Gasteiger partial charge in [-0.15, -0.1) is 0 Å². The second-order valence-electron chi connectivity index (χ2n) is 7.91. The lowest BCUT2D eigenvalue weighted by Gasteiger charge is -2.30. The minimum atomic E-state index is 0.188. The Balaban J connectivity index is 1.42. The van der Waals surface area contributed by atoms with Crippen molar-refractivity contribution in [2.24, 2.45) is 5.92 Å². The van der Waals surface area contributed by atoms with Gasteiger partial charge in [0.1, 0.15) is 5.56 Å². The van der Waals surface area contributed by atoms with E-state index in [0.29, 0.717) is 0 Å². The molecule has 0 unspecified atom stereocenters. The third-order valence-electron chi connectivity index (χ3n) is 6.01. The summed E-state index contributed by atoms with van der Waals surface area (Å²) in [7, 11) is 0. The Morgan fingerprint density at radius 1 is 0.926 bits per heavy atom. The molecule has 0 radical (unpaired) electrons. The molecule has 0 aliphatic carbocycles. The van der Waals surface area contributed by atoms with Crippen LogP contribution in [0.15, 0.2) is 48.7 Å². The number of H-pyrrole nitrogens is 1. The van der Waals surface area contributed by atoms with Crippen LogP contribution in [0, 0.1) is 5.92 Å². The molecule has 0 atom stereocenters. The first-order valence-corrected chi connectivity index (χ1v) is 10.4. The van der Waals surface area contributed by atoms with Gasteiger partial charge in [0.05, 0.1) is 19.3 Å². The number of likely N-dealkylation sites (tertiary alicyclic amines) is 1. The molecule has 0 bridgehead atoms. The van der Waals surface area contributed by atoms with Gasteiger partial charge in [0.2, 0.25) is 0 Å². The third kappa shape index (κ3) is 4.32. The number of nitrogens with zero attached hydrogens (tertiary/aromatic N) is 2. The van der Waals surface area contributed by atoms with E-state index >= 15 is 0 Å². The molecule has 4 rings (SSSR count). The molecule has 1 aromatic heterocycles. The highest BCUT2D eigenvalue weighted by molar-refractivity contribution is 5.98. The van der Waals surface area contributed by atoms with E-state index in [0.717, 1.165) is 62.7 Å². The maximum absolute atomic E-state index is 13.0. The second-order valence-corrected chi connectivity index (χ2v) is 7.91. The van der Waals surface area contributed by atoms with Crippen LogP contribution in [0.4, 0.5) is 5.82 Å². The maximum Gasteiger partial charge on any atom is 0.287 e. The summed E-state index contributed by atoms with van der Waals surface area (Å²) in [5, 5.41) is 0. The number of carbonyl (C=O) groups is 1. The van der Waals surface area contributed by atoms with E-state index in [-0.39, 0.29) is 5.91 Å². The van der Waals surface area contributed by atoms with Gasteiger partial charge >= 0.3 is 0 Å². The number of piperidine rings is 2. The van der Waals surface area contributed by atoms with Crippen molar-refractivity contribution in [2.75, 3.05) is 31.1 Å². The smallest absolute Gasteiger partial charge is 0.287 e. The van der Waals surface area contributed by atoms with E-state index < -0.39 is 0 Å². The van der Waals surface area contributed by atoms with Gasteiger partial charge < -0.3 is 4.90 Å². The second kappa shape index (κ2) is 8.55. The molecule has 0 saturated carbocycles. The van der Waals surface area contributed by atoms with Gasteiger partial charge in [-0.25, -0.2) is 4.98 Å². The van der Waals surface area contributed by atoms with Gasteiger partial charge in [-0.3, -0.25) is 9.69 Å². The maximum atomic E-state index is 13.0. The van der Waals surface area contributed by atoms with Crippen molar-refractivity contribution < 1.29 is 9.78 Å². The molecule has 2 aliphatic heterocycles. The molecular weight excluding hydrogens is 334 g/mol. The molecule has 2 aromatic rings. The number of rotatable bonds is 4. The first-order valence-electron chi connectivity index (χ1n) is 10.4. The molecule has 27 heavy (non-hydrogen) atoms. The number of hydrogen-bond donors (Lipinski definition) is 0. The van der Waals surface area contributed by atoms with Crippen LogP contribution < -0.4 is 9.88 Å². The summed E-state index contributed by atoms with van der Waals surface area (Å²) >= 11 is 0. The minimum absolute atomic E-state index is 0.188. The lowest BCUT2D eigenvalue weighted by atomic mass is 9.90. The van der Waals surface area contributed by atoms with Crippen molar-refractivity contribution in [2.45, 2.75) is 38.5 Å². The molecule has 4 heteroatoms. The molecule has 142 valence electrons. The number of pyridine rings is 1. The van der Waals surface area contributed by atoms with Crippen LogP contribution in [0.2, 0.25) is 0 Å². The molecule has 2 fully saturated rings. The van der Waals surface area contributed by atoms with Crippen molar-refractivity contribution in [3.05, 3.63) is 59.8 Å². The quantitative estimate of drug-likeness (QED) is 0.831. The first-order chi connectivity index (χ1) is 13.3. The summed E-state index contributed by atoms with van der Waals surface area (Å²) in [4.78, 5) is 20.8. The molecule has 1 N–H and O–H groups in total. The first kappa shape index (κ1) is 18.0. The minimum Gasteiger partial charge on any atom is -0.338 e. The Labute approximate surface area is 162 Å². The summed E-state index contributed by atoms with van der Waals surface area (Å²) in [6.07, 6.45) is 8.95. The highest BCUT2D eigenvalue weighted by Gasteiger charge is 2.31. The zero-order chi connectivity index (χ0) is 18.5. The topological polar surface area (TPSA) is 37.7 Å². The molecule has 4 nitrogen and oxygen atoms in total. The van der Waals surface area contributed by atoms with E-state index in [1.165, 1.54) is 24.8 Å². The molecular formula is C23H30N3O+. The summed E-state index contributed by atoms with van der Waals surface area (Å²) < 4.78 is 0. The molecule has 1 amide bonds. The van der Waals surface area contributed by atoms with Gasteiger partial charge in [-0.2, -0.15) is 0 Å². The van der Waals surface area contributed by atoms with Crippen LogP contribution in [0.1, 0.15) is 48.0 Å². The number of amides is 1. The van der Waals surface area contributed by atoms with Crippen LogP contribution in [0.5, 0.6) is 0 Å². The number of hydrogen-bond acceptors (Lipinski definition) is 2. The molecule has 0 spiro atoms. The van der Waals surface area contributed by atoms with E-state index in [2.05, 4.69) is 40.2 Å². The number of nitrogens with one attached hydrogen (secondary N) is 1. The van der Waals surface area contributed by atoms with Crippen LogP contribution >= 0.6 is 0 Å². The normalized spacial score (nSPS) is 18.5. The lowest BCUT2D eigenvalue weighted by molar-refractivity contribution is -0.364. The van der Waals surface area contributed by atoms with E-state index in [1.54, 1.807) is 0 Å². The molecule has 2 saturated heterocycles. The lowest BCUT2D eigenvalue weighted by Crippen LogP contribution is -2.41. The Bertz CT molecular complexity index is 747. The zero-order valence-electron chi connectivity index (χ0n) is 16.1. The Hall–Kier alpha value is -2.36. The van der Waals surface area contributed by atoms with Gasteiger partial charge in [0.15, 0.2) is 0 Å². The average Bonchev–Trinajstić information content (AvgIpc) is 2.75. The van der Waals surface area contributed by atoms with E-state index in [1.807, 2.05) is 23.2 Å². The van der Waals surface area contributed by atoms with Crippen LogP contribution in [0.25, 0.3) is 0 Å². The third-order valence-corrected chi connectivity index (χ3v) is 6.01. The van der Waals surface area contributed by atoms with Gasteiger partial charge in [-0.05, 0) is 62.1 Å². The fraction of sp³-hybridized carbons (Fsp3) is 0.478. The predicted octanol–water partition coefficient (Wildman–Crippen LogP) is 3.59.